The summed E-state index contributed by atoms with van der Waals surface area (Å²) in [5.41, 5.74) is 6.23. The van der Waals surface area contributed by atoms with E-state index in [0.717, 1.165) is 0 Å². The zero-order valence-electron chi connectivity index (χ0n) is 11.8. The van der Waals surface area contributed by atoms with E-state index >= 15 is 0 Å². The van der Waals surface area contributed by atoms with Gasteiger partial charge in [0.2, 0.25) is 11.7 Å². The Kier molecular flexibility index (Phi) is 4.54. The number of hydrogen-bond acceptors (Lipinski definition) is 7. The smallest absolute Gasteiger partial charge is 0.223 e. The number of anilines is 3. The Balaban J connectivity index is 2.40. The first kappa shape index (κ1) is 15.0. The van der Waals surface area contributed by atoms with Gasteiger partial charge in [-0.05, 0) is 0 Å². The quantitative estimate of drug-likeness (QED) is 0.820. The van der Waals surface area contributed by atoms with Gasteiger partial charge in [0.1, 0.15) is 11.0 Å². The average Bonchev–Trinajstić information content (AvgIpc) is 2.45. The number of aromatic nitrogens is 2. The number of hydrogen-bond donors (Lipinski definition) is 2. The van der Waals surface area contributed by atoms with E-state index < -0.39 is 0 Å². The summed E-state index contributed by atoms with van der Waals surface area (Å²) in [5.74, 6) is 2.09. The zero-order chi connectivity index (χ0) is 15.4. The maximum absolute atomic E-state index is 5.84. The topological polar surface area (TPSA) is 91.5 Å². The third kappa shape index (κ3) is 3.38. The van der Waals surface area contributed by atoms with Crippen LogP contribution in [-0.4, -0.2) is 31.3 Å². The number of nitrogens with one attached hydrogen (secondary N) is 1. The van der Waals surface area contributed by atoms with Crippen molar-refractivity contribution in [3.63, 3.8) is 0 Å². The van der Waals surface area contributed by atoms with Crippen LogP contribution in [0.25, 0.3) is 0 Å². The second-order valence-electron chi connectivity index (χ2n) is 3.97. The van der Waals surface area contributed by atoms with Crippen LogP contribution in [0.3, 0.4) is 0 Å². The van der Waals surface area contributed by atoms with Gasteiger partial charge in [-0.3, -0.25) is 0 Å². The van der Waals surface area contributed by atoms with Gasteiger partial charge < -0.3 is 25.3 Å². The highest BCUT2D eigenvalue weighted by atomic mass is 35.5. The number of nitrogens with zero attached hydrogens (tertiary/aromatic N) is 2. The van der Waals surface area contributed by atoms with Gasteiger partial charge in [-0.15, -0.1) is 0 Å². The van der Waals surface area contributed by atoms with Crippen LogP contribution in [0.4, 0.5) is 17.5 Å². The monoisotopic (exact) mass is 310 g/mol. The van der Waals surface area contributed by atoms with Crippen molar-refractivity contribution < 1.29 is 14.2 Å². The Morgan fingerprint density at radius 2 is 1.62 bits per heavy atom. The summed E-state index contributed by atoms with van der Waals surface area (Å²) < 4.78 is 15.8. The van der Waals surface area contributed by atoms with E-state index in [9.17, 15) is 0 Å². The van der Waals surface area contributed by atoms with Crippen LogP contribution in [0.15, 0.2) is 18.2 Å². The van der Waals surface area contributed by atoms with Crippen LogP contribution in [0.5, 0.6) is 17.2 Å². The second-order valence-corrected chi connectivity index (χ2v) is 4.36. The van der Waals surface area contributed by atoms with E-state index in [-0.39, 0.29) is 11.1 Å². The van der Waals surface area contributed by atoms with E-state index in [2.05, 4.69) is 15.3 Å². The summed E-state index contributed by atoms with van der Waals surface area (Å²) in [7, 11) is 4.62. The lowest BCUT2D eigenvalue weighted by Crippen LogP contribution is -2.01. The van der Waals surface area contributed by atoms with Gasteiger partial charge in [0.05, 0.1) is 21.3 Å². The average molecular weight is 311 g/mol. The molecule has 0 fully saturated rings. The van der Waals surface area contributed by atoms with Gasteiger partial charge in [-0.2, -0.15) is 4.98 Å². The third-order valence-electron chi connectivity index (χ3n) is 2.65. The fraction of sp³-hybridized carbons (Fsp3) is 0.231. The summed E-state index contributed by atoms with van der Waals surface area (Å²) in [5, 5.41) is 3.30. The van der Waals surface area contributed by atoms with Crippen molar-refractivity contribution >= 4 is 29.1 Å². The van der Waals surface area contributed by atoms with E-state index in [1.54, 1.807) is 39.5 Å². The van der Waals surface area contributed by atoms with E-state index in [1.165, 1.54) is 0 Å². The molecule has 0 radical (unpaired) electrons. The third-order valence-corrected chi connectivity index (χ3v) is 2.84. The highest BCUT2D eigenvalue weighted by Crippen LogP contribution is 2.40. The highest BCUT2D eigenvalue weighted by molar-refractivity contribution is 6.29. The molecule has 21 heavy (non-hydrogen) atoms. The van der Waals surface area contributed by atoms with Gasteiger partial charge in [0.15, 0.2) is 11.5 Å². The fourth-order valence-electron chi connectivity index (χ4n) is 1.80. The molecule has 112 valence electrons. The molecular formula is C13H15ClN4O3. The number of methoxy groups -OCH3 is 3. The van der Waals surface area contributed by atoms with Crippen LogP contribution in [0, 0.1) is 0 Å². The predicted octanol–water partition coefficient (Wildman–Crippen LogP) is 2.48. The Morgan fingerprint density at radius 3 is 2.10 bits per heavy atom. The number of halogens is 1. The van der Waals surface area contributed by atoms with Crippen molar-refractivity contribution in [3.05, 3.63) is 23.4 Å². The van der Waals surface area contributed by atoms with Crippen molar-refractivity contribution in [2.24, 2.45) is 0 Å². The van der Waals surface area contributed by atoms with Crippen molar-refractivity contribution in [1.82, 2.24) is 9.97 Å². The molecule has 1 heterocycles. The molecule has 0 atom stereocenters. The molecule has 0 amide bonds. The molecule has 0 unspecified atom stereocenters. The molecule has 0 aliphatic rings. The summed E-state index contributed by atoms with van der Waals surface area (Å²) in [4.78, 5) is 7.83. The molecule has 2 aromatic rings. The van der Waals surface area contributed by atoms with Gasteiger partial charge >= 0.3 is 0 Å². The van der Waals surface area contributed by atoms with Crippen LogP contribution in [0.2, 0.25) is 5.15 Å². The van der Waals surface area contributed by atoms with Crippen molar-refractivity contribution in [1.29, 1.82) is 0 Å². The lowest BCUT2D eigenvalue weighted by molar-refractivity contribution is 0.324. The van der Waals surface area contributed by atoms with Gasteiger partial charge in [-0.25, -0.2) is 4.98 Å². The van der Waals surface area contributed by atoms with Crippen LogP contribution in [0.1, 0.15) is 0 Å². The number of nitrogens with two attached hydrogens (primary N) is 1. The second kappa shape index (κ2) is 6.36. The maximum atomic E-state index is 5.84. The maximum Gasteiger partial charge on any atom is 0.223 e. The van der Waals surface area contributed by atoms with Crippen molar-refractivity contribution in [2.45, 2.75) is 0 Å². The molecule has 8 heteroatoms. The molecule has 3 N–H and O–H groups in total. The first-order valence-electron chi connectivity index (χ1n) is 5.94. The normalized spacial score (nSPS) is 10.1. The molecule has 1 aromatic carbocycles. The number of rotatable bonds is 5. The first-order chi connectivity index (χ1) is 10.1. The molecule has 2 rings (SSSR count). The van der Waals surface area contributed by atoms with Crippen LogP contribution < -0.4 is 25.3 Å². The largest absolute Gasteiger partial charge is 0.493 e. The van der Waals surface area contributed by atoms with Crippen LogP contribution in [-0.2, 0) is 0 Å². The van der Waals surface area contributed by atoms with E-state index in [0.29, 0.717) is 28.8 Å². The minimum atomic E-state index is 0.0810. The molecule has 7 nitrogen and oxygen atoms in total. The summed E-state index contributed by atoms with van der Waals surface area (Å²) >= 11 is 5.84. The Labute approximate surface area is 127 Å². The highest BCUT2D eigenvalue weighted by Gasteiger charge is 2.13. The molecule has 0 spiro atoms. The lowest BCUT2D eigenvalue weighted by atomic mass is 10.2. The van der Waals surface area contributed by atoms with E-state index in [1.807, 2.05) is 0 Å². The first-order valence-corrected chi connectivity index (χ1v) is 6.32. The molecule has 1 aromatic heterocycles. The number of benzene rings is 1. The summed E-state index contributed by atoms with van der Waals surface area (Å²) in [6.07, 6.45) is 0. The molecule has 0 bridgehead atoms. The van der Waals surface area contributed by atoms with Crippen molar-refractivity contribution in [2.75, 3.05) is 32.4 Å². The van der Waals surface area contributed by atoms with Crippen LogP contribution >= 0.6 is 11.6 Å². The Bertz CT molecular complexity index is 606. The summed E-state index contributed by atoms with van der Waals surface area (Å²) in [6, 6.07) is 5.04. The molecule has 0 saturated carbocycles. The number of ether oxygens (including phenoxy) is 3. The fourth-order valence-corrected chi connectivity index (χ4v) is 1.99. The molecule has 0 saturated heterocycles. The van der Waals surface area contributed by atoms with E-state index in [4.69, 9.17) is 31.5 Å². The van der Waals surface area contributed by atoms with Gasteiger partial charge in [0, 0.05) is 23.9 Å². The van der Waals surface area contributed by atoms with Crippen molar-refractivity contribution in [3.8, 4) is 17.2 Å². The van der Waals surface area contributed by atoms with Gasteiger partial charge in [0.25, 0.3) is 0 Å². The predicted molar refractivity (Wildman–Crippen MR) is 80.8 cm³/mol. The standard InChI is InChI=1S/C13H15ClN4O3/c1-19-8-4-7(5-9(20-2)12(8)21-3)16-11-6-10(14)17-13(15)18-11/h4-6H,1-3H3,(H3,15,16,17,18). The van der Waals surface area contributed by atoms with Gasteiger partial charge in [-0.1, -0.05) is 11.6 Å². The molecule has 0 aliphatic heterocycles. The number of nitrogen functional groups attached to an aromatic ring is 1. The zero-order valence-corrected chi connectivity index (χ0v) is 12.6. The minimum absolute atomic E-state index is 0.0810. The Hall–Kier alpha value is -2.41. The summed E-state index contributed by atoms with van der Waals surface area (Å²) in [6.45, 7) is 0. The molecular weight excluding hydrogens is 296 g/mol. The lowest BCUT2D eigenvalue weighted by Gasteiger charge is -2.15. The Morgan fingerprint density at radius 1 is 1.00 bits per heavy atom. The SMILES string of the molecule is COc1cc(Nc2cc(Cl)nc(N)n2)cc(OC)c1OC. The minimum Gasteiger partial charge on any atom is -0.493 e. The molecule has 0 aliphatic carbocycles.